The fraction of sp³-hybridized carbons (Fsp3) is 0.227. The first-order valence-electron chi connectivity index (χ1n) is 9.98. The molecule has 31 heavy (non-hydrogen) atoms. The van der Waals surface area contributed by atoms with Gasteiger partial charge in [0, 0.05) is 29.8 Å². The summed E-state index contributed by atoms with van der Waals surface area (Å²) in [7, 11) is -3.50. The van der Waals surface area contributed by atoms with Gasteiger partial charge in [-0.1, -0.05) is 30.7 Å². The Labute approximate surface area is 180 Å². The monoisotopic (exact) mass is 438 g/mol. The van der Waals surface area contributed by atoms with Gasteiger partial charge < -0.3 is 9.73 Å². The molecule has 4 rings (SSSR count). The zero-order valence-electron chi connectivity index (χ0n) is 16.7. The third kappa shape index (κ3) is 5.00. The predicted molar refractivity (Wildman–Crippen MR) is 117 cm³/mol. The summed E-state index contributed by atoms with van der Waals surface area (Å²) in [6, 6.07) is 14.2. The van der Waals surface area contributed by atoms with Gasteiger partial charge >= 0.3 is 0 Å². The van der Waals surface area contributed by atoms with Crippen molar-refractivity contribution in [3.8, 4) is 11.3 Å². The summed E-state index contributed by atoms with van der Waals surface area (Å²) in [4.78, 5) is 20.8. The average molecular weight is 439 g/mol. The van der Waals surface area contributed by atoms with E-state index in [0.717, 1.165) is 24.8 Å². The lowest BCUT2D eigenvalue weighted by Gasteiger charge is -2.06. The van der Waals surface area contributed by atoms with E-state index in [4.69, 9.17) is 4.42 Å². The molecule has 0 atom stereocenters. The van der Waals surface area contributed by atoms with Crippen molar-refractivity contribution in [2.24, 2.45) is 4.99 Å². The predicted octanol–water partition coefficient (Wildman–Crippen LogP) is 3.58. The summed E-state index contributed by atoms with van der Waals surface area (Å²) in [5, 5.41) is 2.89. The van der Waals surface area contributed by atoms with Crippen molar-refractivity contribution in [2.45, 2.75) is 30.6 Å². The molecule has 0 spiro atoms. The standard InChI is InChI=1S/C22H22N4O4S/c27-21(25-17-8-6-7-16(13-17)19-14-23-15-30-19)11-2-1-5-12-24-22-18-9-3-4-10-20(18)31(28,29)26-22/h3-4,6-10,13-15H,1-2,5,11-12H2,(H,24,26)(H,25,27). The first kappa shape index (κ1) is 20.8. The summed E-state index contributed by atoms with van der Waals surface area (Å²) in [5.41, 5.74) is 2.16. The van der Waals surface area contributed by atoms with E-state index in [-0.39, 0.29) is 10.8 Å². The van der Waals surface area contributed by atoms with Gasteiger partial charge in [0.05, 0.1) is 11.1 Å². The van der Waals surface area contributed by atoms with E-state index in [1.54, 1.807) is 30.5 Å². The number of amides is 1. The third-order valence-electron chi connectivity index (χ3n) is 4.86. The Bertz CT molecular complexity index is 1200. The van der Waals surface area contributed by atoms with Crippen LogP contribution in [0.25, 0.3) is 11.3 Å². The number of rotatable bonds is 8. The summed E-state index contributed by atoms with van der Waals surface area (Å²) >= 11 is 0. The SMILES string of the molecule is O=C(CCCCCN=C1NS(=O)(=O)c2ccccc21)Nc1cccc(-c2cnco2)c1. The van der Waals surface area contributed by atoms with Gasteiger partial charge in [0.25, 0.3) is 10.0 Å². The minimum Gasteiger partial charge on any atom is -0.444 e. The van der Waals surface area contributed by atoms with E-state index < -0.39 is 10.0 Å². The van der Waals surface area contributed by atoms with Gasteiger partial charge in [-0.15, -0.1) is 0 Å². The van der Waals surface area contributed by atoms with E-state index in [2.05, 4.69) is 20.0 Å². The molecule has 2 aromatic carbocycles. The minimum atomic E-state index is -3.50. The molecule has 0 bridgehead atoms. The van der Waals surface area contributed by atoms with Crippen LogP contribution in [0.3, 0.4) is 0 Å². The number of benzene rings is 2. The van der Waals surface area contributed by atoms with Crippen LogP contribution >= 0.6 is 0 Å². The number of nitrogens with one attached hydrogen (secondary N) is 2. The first-order chi connectivity index (χ1) is 15.0. The van der Waals surface area contributed by atoms with Crippen LogP contribution in [0.15, 0.2) is 75.4 Å². The van der Waals surface area contributed by atoms with Crippen LogP contribution in [0.5, 0.6) is 0 Å². The zero-order chi connectivity index (χ0) is 21.7. The van der Waals surface area contributed by atoms with Crippen molar-refractivity contribution >= 4 is 27.5 Å². The van der Waals surface area contributed by atoms with Crippen LogP contribution in [0, 0.1) is 0 Å². The molecule has 1 amide bonds. The van der Waals surface area contributed by atoms with Crippen LogP contribution in [-0.4, -0.2) is 31.7 Å². The summed E-state index contributed by atoms with van der Waals surface area (Å²) < 4.78 is 31.9. The summed E-state index contributed by atoms with van der Waals surface area (Å²) in [6.45, 7) is 0.493. The highest BCUT2D eigenvalue weighted by molar-refractivity contribution is 7.90. The second-order valence-corrected chi connectivity index (χ2v) is 8.79. The molecule has 1 aromatic heterocycles. The molecule has 0 saturated carbocycles. The van der Waals surface area contributed by atoms with Crippen molar-refractivity contribution in [2.75, 3.05) is 11.9 Å². The lowest BCUT2D eigenvalue weighted by molar-refractivity contribution is -0.116. The molecule has 0 unspecified atom stereocenters. The fourth-order valence-electron chi connectivity index (χ4n) is 3.35. The van der Waals surface area contributed by atoms with E-state index >= 15 is 0 Å². The number of oxazole rings is 1. The minimum absolute atomic E-state index is 0.0569. The number of nitrogens with zero attached hydrogens (tertiary/aromatic N) is 2. The molecular weight excluding hydrogens is 416 g/mol. The van der Waals surface area contributed by atoms with Gasteiger partial charge in [-0.2, -0.15) is 0 Å². The number of aliphatic imine (C=N–C) groups is 1. The highest BCUT2D eigenvalue weighted by Gasteiger charge is 2.29. The smallest absolute Gasteiger partial charge is 0.263 e. The zero-order valence-corrected chi connectivity index (χ0v) is 17.6. The van der Waals surface area contributed by atoms with Crippen LogP contribution in [0.4, 0.5) is 5.69 Å². The second kappa shape index (κ2) is 9.13. The van der Waals surface area contributed by atoms with Crippen molar-refractivity contribution in [3.05, 3.63) is 66.7 Å². The maximum Gasteiger partial charge on any atom is 0.263 e. The molecule has 2 N–H and O–H groups in total. The number of carbonyl (C=O) groups excluding carboxylic acids is 1. The first-order valence-corrected chi connectivity index (χ1v) is 11.5. The molecule has 160 valence electrons. The maximum absolute atomic E-state index is 12.2. The number of hydrogen-bond donors (Lipinski definition) is 2. The summed E-state index contributed by atoms with van der Waals surface area (Å²) in [6.07, 6.45) is 5.70. The van der Waals surface area contributed by atoms with Gasteiger partial charge in [-0.3, -0.25) is 14.5 Å². The number of carbonyl (C=O) groups is 1. The van der Waals surface area contributed by atoms with E-state index in [1.807, 2.05) is 24.3 Å². The van der Waals surface area contributed by atoms with E-state index in [9.17, 15) is 13.2 Å². The number of aromatic nitrogens is 1. The van der Waals surface area contributed by atoms with Crippen molar-refractivity contribution < 1.29 is 17.6 Å². The Balaban J connectivity index is 1.21. The molecule has 0 fully saturated rings. The Morgan fingerprint density at radius 2 is 1.97 bits per heavy atom. The molecule has 3 aromatic rings. The number of fused-ring (bicyclic) bond motifs is 1. The maximum atomic E-state index is 12.2. The van der Waals surface area contributed by atoms with Crippen LogP contribution in [0.1, 0.15) is 31.2 Å². The Hall–Kier alpha value is -3.46. The van der Waals surface area contributed by atoms with Gasteiger partial charge in [-0.05, 0) is 37.1 Å². The molecular formula is C22H22N4O4S. The molecule has 9 heteroatoms. The Morgan fingerprint density at radius 1 is 1.10 bits per heavy atom. The van der Waals surface area contributed by atoms with Crippen LogP contribution in [-0.2, 0) is 14.8 Å². The van der Waals surface area contributed by atoms with Crippen molar-refractivity contribution in [1.29, 1.82) is 0 Å². The van der Waals surface area contributed by atoms with Gasteiger partial charge in [-0.25, -0.2) is 13.4 Å². The lowest BCUT2D eigenvalue weighted by Crippen LogP contribution is -2.22. The second-order valence-electron chi connectivity index (χ2n) is 7.14. The Kier molecular flexibility index (Phi) is 6.13. The number of unbranched alkanes of at least 4 members (excludes halogenated alkanes) is 2. The number of sulfonamides is 1. The molecule has 0 saturated heterocycles. The van der Waals surface area contributed by atoms with Gasteiger partial charge in [0.1, 0.15) is 5.84 Å². The van der Waals surface area contributed by atoms with E-state index in [0.29, 0.717) is 35.8 Å². The molecule has 0 aliphatic carbocycles. The number of amidine groups is 1. The van der Waals surface area contributed by atoms with E-state index in [1.165, 1.54) is 6.39 Å². The third-order valence-corrected chi connectivity index (χ3v) is 6.25. The topological polar surface area (TPSA) is 114 Å². The number of anilines is 1. The average Bonchev–Trinajstić information content (AvgIpc) is 3.38. The van der Waals surface area contributed by atoms with Crippen molar-refractivity contribution in [3.63, 3.8) is 0 Å². The fourth-order valence-corrected chi connectivity index (χ4v) is 4.60. The van der Waals surface area contributed by atoms with Gasteiger partial charge in [0.15, 0.2) is 12.2 Å². The van der Waals surface area contributed by atoms with Gasteiger partial charge in [0.2, 0.25) is 5.91 Å². The normalized spacial score (nSPS) is 15.4. The highest BCUT2D eigenvalue weighted by Crippen LogP contribution is 2.23. The van der Waals surface area contributed by atoms with Crippen LogP contribution < -0.4 is 10.0 Å². The van der Waals surface area contributed by atoms with Crippen molar-refractivity contribution in [1.82, 2.24) is 9.71 Å². The number of hydrogen-bond acceptors (Lipinski definition) is 6. The van der Waals surface area contributed by atoms with Crippen LogP contribution in [0.2, 0.25) is 0 Å². The molecule has 1 aliphatic rings. The molecule has 0 radical (unpaired) electrons. The lowest BCUT2D eigenvalue weighted by atomic mass is 10.1. The Morgan fingerprint density at radius 3 is 2.81 bits per heavy atom. The highest BCUT2D eigenvalue weighted by atomic mass is 32.2. The quantitative estimate of drug-likeness (QED) is 0.522. The molecule has 1 aliphatic heterocycles. The summed E-state index contributed by atoms with van der Waals surface area (Å²) in [5.74, 6) is 0.975. The largest absolute Gasteiger partial charge is 0.444 e. The molecule has 2 heterocycles. The molecule has 8 nitrogen and oxygen atoms in total.